The standard InChI is InChI=1S/C13H21NOS/c1-8-9(2)15-10(3)13(8)12(14)6-11-4-5-16-7-11/h4-5,7-10,12-13H,6,14H2,1-3H3. The minimum atomic E-state index is 0.213. The van der Waals surface area contributed by atoms with Crippen LogP contribution >= 0.6 is 11.3 Å². The second-order valence-electron chi connectivity index (χ2n) is 4.98. The molecule has 0 aliphatic carbocycles. The highest BCUT2D eigenvalue weighted by atomic mass is 32.1. The molecule has 1 aromatic heterocycles. The Bertz CT molecular complexity index is 325. The molecule has 2 N–H and O–H groups in total. The monoisotopic (exact) mass is 239 g/mol. The van der Waals surface area contributed by atoms with E-state index in [4.69, 9.17) is 10.5 Å². The summed E-state index contributed by atoms with van der Waals surface area (Å²) in [4.78, 5) is 0. The van der Waals surface area contributed by atoms with E-state index in [1.165, 1.54) is 5.56 Å². The Hall–Kier alpha value is -0.380. The van der Waals surface area contributed by atoms with Crippen LogP contribution in [-0.4, -0.2) is 18.2 Å². The van der Waals surface area contributed by atoms with Crippen molar-refractivity contribution >= 4 is 11.3 Å². The second-order valence-corrected chi connectivity index (χ2v) is 5.76. The minimum Gasteiger partial charge on any atom is -0.375 e. The van der Waals surface area contributed by atoms with Crippen molar-refractivity contribution in [1.29, 1.82) is 0 Å². The lowest BCUT2D eigenvalue weighted by Gasteiger charge is -2.25. The molecular weight excluding hydrogens is 218 g/mol. The third-order valence-corrected chi connectivity index (χ3v) is 4.60. The van der Waals surface area contributed by atoms with Crippen LogP contribution < -0.4 is 5.73 Å². The quantitative estimate of drug-likeness (QED) is 0.880. The molecule has 5 atom stereocenters. The topological polar surface area (TPSA) is 35.2 Å². The molecule has 2 nitrogen and oxygen atoms in total. The Morgan fingerprint density at radius 2 is 2.12 bits per heavy atom. The van der Waals surface area contributed by atoms with Gasteiger partial charge in [0.25, 0.3) is 0 Å². The van der Waals surface area contributed by atoms with E-state index in [1.807, 2.05) is 0 Å². The Morgan fingerprint density at radius 1 is 1.38 bits per heavy atom. The van der Waals surface area contributed by atoms with Crippen molar-refractivity contribution in [3.8, 4) is 0 Å². The molecule has 16 heavy (non-hydrogen) atoms. The van der Waals surface area contributed by atoms with Gasteiger partial charge in [-0.25, -0.2) is 0 Å². The summed E-state index contributed by atoms with van der Waals surface area (Å²) >= 11 is 1.74. The van der Waals surface area contributed by atoms with Gasteiger partial charge in [0.1, 0.15) is 0 Å². The summed E-state index contributed by atoms with van der Waals surface area (Å²) in [5, 5.41) is 4.30. The van der Waals surface area contributed by atoms with Gasteiger partial charge in [0.15, 0.2) is 0 Å². The maximum absolute atomic E-state index is 6.34. The maximum Gasteiger partial charge on any atom is 0.0597 e. The fourth-order valence-corrected chi connectivity index (χ4v) is 3.53. The van der Waals surface area contributed by atoms with Gasteiger partial charge < -0.3 is 10.5 Å². The van der Waals surface area contributed by atoms with Crippen LogP contribution in [0, 0.1) is 11.8 Å². The van der Waals surface area contributed by atoms with Crippen molar-refractivity contribution in [2.75, 3.05) is 0 Å². The van der Waals surface area contributed by atoms with Gasteiger partial charge in [-0.2, -0.15) is 11.3 Å². The average Bonchev–Trinajstić information content (AvgIpc) is 2.77. The summed E-state index contributed by atoms with van der Waals surface area (Å²) in [6, 6.07) is 2.38. The number of rotatable bonds is 3. The molecule has 0 bridgehead atoms. The zero-order chi connectivity index (χ0) is 11.7. The largest absolute Gasteiger partial charge is 0.375 e. The average molecular weight is 239 g/mol. The van der Waals surface area contributed by atoms with Gasteiger partial charge in [0.05, 0.1) is 12.2 Å². The van der Waals surface area contributed by atoms with Gasteiger partial charge in [-0.15, -0.1) is 0 Å². The highest BCUT2D eigenvalue weighted by molar-refractivity contribution is 7.07. The lowest BCUT2D eigenvalue weighted by Crippen LogP contribution is -2.39. The summed E-state index contributed by atoms with van der Waals surface area (Å²) in [5.41, 5.74) is 7.70. The van der Waals surface area contributed by atoms with Crippen LogP contribution in [-0.2, 0) is 11.2 Å². The highest BCUT2D eigenvalue weighted by Crippen LogP contribution is 2.34. The summed E-state index contributed by atoms with van der Waals surface area (Å²) in [5.74, 6) is 1.04. The van der Waals surface area contributed by atoms with Crippen LogP contribution in [0.1, 0.15) is 26.3 Å². The molecule has 2 rings (SSSR count). The van der Waals surface area contributed by atoms with Gasteiger partial charge in [-0.3, -0.25) is 0 Å². The first-order valence-electron chi connectivity index (χ1n) is 6.01. The van der Waals surface area contributed by atoms with E-state index in [-0.39, 0.29) is 6.04 Å². The zero-order valence-corrected chi connectivity index (χ0v) is 11.0. The molecular formula is C13H21NOS. The third kappa shape index (κ3) is 2.31. The molecule has 90 valence electrons. The summed E-state index contributed by atoms with van der Waals surface area (Å²) in [7, 11) is 0. The normalized spacial score (nSPS) is 36.5. The lowest BCUT2D eigenvalue weighted by atomic mass is 9.82. The Kier molecular flexibility index (Phi) is 3.67. The number of hydrogen-bond donors (Lipinski definition) is 1. The maximum atomic E-state index is 6.34. The zero-order valence-electron chi connectivity index (χ0n) is 10.2. The van der Waals surface area contributed by atoms with Gasteiger partial charge in [-0.05, 0) is 48.6 Å². The third-order valence-electron chi connectivity index (χ3n) is 3.86. The fourth-order valence-electron chi connectivity index (χ4n) is 2.85. The van der Waals surface area contributed by atoms with Crippen LogP contribution in [0.5, 0.6) is 0 Å². The van der Waals surface area contributed by atoms with Gasteiger partial charge in [0.2, 0.25) is 0 Å². The molecule has 1 saturated heterocycles. The summed E-state index contributed by atoms with van der Waals surface area (Å²) in [6.07, 6.45) is 1.60. The number of thiophene rings is 1. The predicted molar refractivity (Wildman–Crippen MR) is 68.7 cm³/mol. The van der Waals surface area contributed by atoms with Crippen molar-refractivity contribution in [3.63, 3.8) is 0 Å². The molecule has 2 heterocycles. The minimum absolute atomic E-state index is 0.213. The van der Waals surface area contributed by atoms with E-state index in [2.05, 4.69) is 37.6 Å². The van der Waals surface area contributed by atoms with E-state index in [9.17, 15) is 0 Å². The first kappa shape index (κ1) is 12.1. The van der Waals surface area contributed by atoms with Crippen LogP contribution in [0.15, 0.2) is 16.8 Å². The van der Waals surface area contributed by atoms with E-state index in [1.54, 1.807) is 11.3 Å². The molecule has 5 unspecified atom stereocenters. The molecule has 1 aliphatic heterocycles. The number of nitrogens with two attached hydrogens (primary N) is 1. The van der Waals surface area contributed by atoms with Crippen molar-refractivity contribution in [2.24, 2.45) is 17.6 Å². The lowest BCUT2D eigenvalue weighted by molar-refractivity contribution is 0.0490. The first-order valence-corrected chi connectivity index (χ1v) is 6.96. The molecule has 0 amide bonds. The van der Waals surface area contributed by atoms with Gasteiger partial charge in [-0.1, -0.05) is 6.92 Å². The van der Waals surface area contributed by atoms with Crippen molar-refractivity contribution in [3.05, 3.63) is 22.4 Å². The van der Waals surface area contributed by atoms with E-state index in [0.717, 1.165) is 6.42 Å². The van der Waals surface area contributed by atoms with Gasteiger partial charge in [0, 0.05) is 12.0 Å². The molecule has 0 aromatic carbocycles. The van der Waals surface area contributed by atoms with E-state index >= 15 is 0 Å². The van der Waals surface area contributed by atoms with Crippen LogP contribution in [0.3, 0.4) is 0 Å². The van der Waals surface area contributed by atoms with Crippen LogP contribution in [0.4, 0.5) is 0 Å². The number of ether oxygens (including phenoxy) is 1. The molecule has 0 spiro atoms. The smallest absolute Gasteiger partial charge is 0.0597 e. The molecule has 0 saturated carbocycles. The molecule has 1 aromatic rings. The Morgan fingerprint density at radius 3 is 2.62 bits per heavy atom. The van der Waals surface area contributed by atoms with Crippen molar-refractivity contribution < 1.29 is 4.74 Å². The number of hydrogen-bond acceptors (Lipinski definition) is 3. The predicted octanol–water partition coefficient (Wildman–Crippen LogP) is 2.68. The van der Waals surface area contributed by atoms with Crippen molar-refractivity contribution in [1.82, 2.24) is 0 Å². The highest BCUT2D eigenvalue weighted by Gasteiger charge is 2.40. The fraction of sp³-hybridized carbons (Fsp3) is 0.692. The Labute approximate surface area is 102 Å². The summed E-state index contributed by atoms with van der Waals surface area (Å²) < 4.78 is 5.85. The summed E-state index contributed by atoms with van der Waals surface area (Å²) in [6.45, 7) is 6.56. The van der Waals surface area contributed by atoms with Crippen molar-refractivity contribution in [2.45, 2.75) is 45.4 Å². The van der Waals surface area contributed by atoms with Gasteiger partial charge >= 0.3 is 0 Å². The molecule has 1 fully saturated rings. The Balaban J connectivity index is 2.01. The second kappa shape index (κ2) is 4.86. The van der Waals surface area contributed by atoms with E-state index < -0.39 is 0 Å². The van der Waals surface area contributed by atoms with E-state index in [0.29, 0.717) is 24.0 Å². The van der Waals surface area contributed by atoms with Crippen LogP contribution in [0.25, 0.3) is 0 Å². The molecule has 3 heteroatoms. The SMILES string of the molecule is CC1OC(C)C(C(N)Cc2ccsc2)C1C. The first-order chi connectivity index (χ1) is 7.59. The van der Waals surface area contributed by atoms with Crippen LogP contribution in [0.2, 0.25) is 0 Å². The molecule has 1 aliphatic rings. The molecule has 0 radical (unpaired) electrons.